The van der Waals surface area contributed by atoms with Crippen molar-refractivity contribution in [2.75, 3.05) is 11.1 Å². The lowest BCUT2D eigenvalue weighted by atomic mass is 10.0. The molecular weight excluding hydrogens is 617 g/mol. The monoisotopic (exact) mass is 646 g/mol. The number of hydrogen-bond donors (Lipinski definition) is 1. The number of para-hydroxylation sites is 5. The lowest BCUT2D eigenvalue weighted by Crippen LogP contribution is -1.98. The Morgan fingerprint density at radius 2 is 1.06 bits per heavy atom. The maximum atomic E-state index is 4.71. The van der Waals surface area contributed by atoms with E-state index in [2.05, 4.69) is 160 Å². The van der Waals surface area contributed by atoms with Crippen LogP contribution in [0.1, 0.15) is 0 Å². The second-order valence-electron chi connectivity index (χ2n) is 12.4. The normalized spacial score (nSPS) is 12.8. The van der Waals surface area contributed by atoms with Crippen molar-refractivity contribution in [2.24, 2.45) is 4.99 Å². The predicted octanol–water partition coefficient (Wildman–Crippen LogP) is 12.1. The summed E-state index contributed by atoms with van der Waals surface area (Å²) >= 11 is 1.80. The largest absolute Gasteiger partial charge is 0.353 e. The number of nitrogens with one attached hydrogen (secondary N) is 1. The molecule has 3 heterocycles. The van der Waals surface area contributed by atoms with E-state index in [4.69, 9.17) is 4.99 Å². The molecule has 0 saturated heterocycles. The minimum Gasteiger partial charge on any atom is -0.353 e. The molecule has 1 aliphatic heterocycles. The van der Waals surface area contributed by atoms with Crippen molar-refractivity contribution in [3.8, 4) is 22.5 Å². The Hall–Kier alpha value is -6.04. The first kappa shape index (κ1) is 28.0. The Morgan fingerprint density at radius 3 is 1.78 bits per heavy atom. The zero-order valence-corrected chi connectivity index (χ0v) is 27.4. The number of benzene rings is 7. The first-order valence-electron chi connectivity index (χ1n) is 16.6. The van der Waals surface area contributed by atoms with E-state index in [1.165, 1.54) is 65.3 Å². The number of rotatable bonds is 3. The minimum absolute atomic E-state index is 0.803. The lowest BCUT2D eigenvalue weighted by Gasteiger charge is -2.15. The van der Waals surface area contributed by atoms with Crippen LogP contribution in [0, 0.1) is 0 Å². The number of hydrogen-bond acceptors (Lipinski definition) is 3. The minimum atomic E-state index is 0.803. The molecule has 4 nitrogen and oxygen atoms in total. The van der Waals surface area contributed by atoms with Crippen LogP contribution in [0.2, 0.25) is 0 Å². The van der Waals surface area contributed by atoms with Crippen LogP contribution in [0.3, 0.4) is 0 Å². The molecule has 9 aromatic rings. The molecule has 2 aromatic heterocycles. The summed E-state index contributed by atoms with van der Waals surface area (Å²) in [5.41, 5.74) is 12.6. The maximum absolute atomic E-state index is 4.71. The molecule has 0 amide bonds. The van der Waals surface area contributed by atoms with Crippen LogP contribution in [0.25, 0.3) is 66.1 Å². The van der Waals surface area contributed by atoms with Crippen LogP contribution < -0.4 is 5.32 Å². The van der Waals surface area contributed by atoms with E-state index in [0.717, 1.165) is 28.5 Å². The van der Waals surface area contributed by atoms with Crippen LogP contribution in [0.15, 0.2) is 168 Å². The van der Waals surface area contributed by atoms with Crippen molar-refractivity contribution in [1.82, 2.24) is 9.13 Å². The highest BCUT2D eigenvalue weighted by Crippen LogP contribution is 2.40. The molecule has 7 aromatic carbocycles. The van der Waals surface area contributed by atoms with Gasteiger partial charge in [0.05, 0.1) is 39.1 Å². The number of aliphatic imine (C=N–C) groups is 1. The molecule has 232 valence electrons. The zero-order chi connectivity index (χ0) is 32.3. The van der Waals surface area contributed by atoms with E-state index in [1.807, 2.05) is 18.3 Å². The third-order valence-corrected chi connectivity index (χ3v) is 10.6. The van der Waals surface area contributed by atoms with Crippen LogP contribution in [0.4, 0.5) is 17.1 Å². The first-order valence-corrected chi connectivity index (χ1v) is 17.6. The van der Waals surface area contributed by atoms with Crippen molar-refractivity contribution >= 4 is 78.7 Å². The summed E-state index contributed by atoms with van der Waals surface area (Å²) in [6, 6.07) is 56.9. The molecule has 0 aliphatic carbocycles. The summed E-state index contributed by atoms with van der Waals surface area (Å²) < 4.78 is 4.77. The summed E-state index contributed by atoms with van der Waals surface area (Å²) in [4.78, 5) is 5.91. The number of anilines is 2. The van der Waals surface area contributed by atoms with Crippen molar-refractivity contribution in [3.63, 3.8) is 0 Å². The molecule has 0 saturated carbocycles. The third-order valence-electron chi connectivity index (χ3n) is 9.63. The van der Waals surface area contributed by atoms with Gasteiger partial charge in [0.1, 0.15) is 0 Å². The van der Waals surface area contributed by atoms with Gasteiger partial charge >= 0.3 is 0 Å². The standard InChI is InChI=1S/C44H30N4S/c1-2-10-31(11-3-1)47-40-16-8-4-12-33(40)35-26-29(18-22-42(35)47)30-19-23-43-36(27-30)34-13-5-9-17-41(34)48(43)32-20-21-39-44(28-32)49-25-24-45-37-14-6-7-15-38(37)46-39/h1-24,26-28,46H,25H2. The van der Waals surface area contributed by atoms with Gasteiger partial charge in [-0.25, -0.2) is 0 Å². The SMILES string of the molecule is C1=Nc2ccccc2Nc2ccc(-n3c4ccccc4c4cc(-c5ccc6c(c5)c5ccccc5n6-c5ccccc5)ccc43)cc2SC1. The van der Waals surface area contributed by atoms with E-state index in [0.29, 0.717) is 0 Å². The Labute approximate surface area is 288 Å². The number of nitrogens with zero attached hydrogens (tertiary/aromatic N) is 3. The smallest absolute Gasteiger partial charge is 0.0860 e. The zero-order valence-electron chi connectivity index (χ0n) is 26.5. The van der Waals surface area contributed by atoms with Crippen LogP contribution in [-0.4, -0.2) is 21.1 Å². The van der Waals surface area contributed by atoms with Gasteiger partial charge in [0.2, 0.25) is 0 Å². The fourth-order valence-electron chi connectivity index (χ4n) is 7.41. The summed E-state index contributed by atoms with van der Waals surface area (Å²) in [5, 5.41) is 8.66. The lowest BCUT2D eigenvalue weighted by molar-refractivity contribution is 1.16. The number of fused-ring (bicyclic) bond motifs is 8. The van der Waals surface area contributed by atoms with Gasteiger partial charge < -0.3 is 14.5 Å². The molecule has 0 radical (unpaired) electrons. The summed E-state index contributed by atoms with van der Waals surface area (Å²) in [7, 11) is 0. The average molecular weight is 647 g/mol. The molecule has 0 atom stereocenters. The van der Waals surface area contributed by atoms with Gasteiger partial charge in [0.15, 0.2) is 0 Å². The molecule has 10 rings (SSSR count). The second kappa shape index (κ2) is 11.3. The molecular formula is C44H30N4S. The second-order valence-corrected chi connectivity index (χ2v) is 13.5. The fraction of sp³-hybridized carbons (Fsp3) is 0.0227. The fourth-order valence-corrected chi connectivity index (χ4v) is 8.22. The van der Waals surface area contributed by atoms with Gasteiger partial charge in [-0.15, -0.1) is 11.8 Å². The molecule has 5 heteroatoms. The van der Waals surface area contributed by atoms with Crippen molar-refractivity contribution in [3.05, 3.63) is 158 Å². The van der Waals surface area contributed by atoms with Crippen LogP contribution in [0.5, 0.6) is 0 Å². The van der Waals surface area contributed by atoms with Crippen LogP contribution >= 0.6 is 11.8 Å². The highest BCUT2D eigenvalue weighted by atomic mass is 32.2. The average Bonchev–Trinajstić information content (AvgIpc) is 3.69. The topological polar surface area (TPSA) is 34.2 Å². The first-order chi connectivity index (χ1) is 24.3. The Balaban J connectivity index is 1.11. The molecule has 0 spiro atoms. The molecule has 0 fully saturated rings. The van der Waals surface area contributed by atoms with Crippen molar-refractivity contribution in [1.29, 1.82) is 0 Å². The molecule has 1 aliphatic rings. The Bertz CT molecular complexity index is 2750. The molecule has 0 unspecified atom stereocenters. The summed E-state index contributed by atoms with van der Waals surface area (Å²) in [5.74, 6) is 0.803. The van der Waals surface area contributed by atoms with Crippen molar-refractivity contribution in [2.45, 2.75) is 4.90 Å². The third kappa shape index (κ3) is 4.58. The number of thioether (sulfide) groups is 1. The maximum Gasteiger partial charge on any atom is 0.0860 e. The molecule has 49 heavy (non-hydrogen) atoms. The van der Waals surface area contributed by atoms with Crippen LogP contribution in [-0.2, 0) is 0 Å². The highest BCUT2D eigenvalue weighted by molar-refractivity contribution is 8.00. The Kier molecular flexibility index (Phi) is 6.46. The molecule has 1 N–H and O–H groups in total. The quantitative estimate of drug-likeness (QED) is 0.207. The van der Waals surface area contributed by atoms with Gasteiger partial charge in [-0.2, -0.15) is 0 Å². The summed E-state index contributed by atoms with van der Waals surface area (Å²) in [6.45, 7) is 0. The van der Waals surface area contributed by atoms with E-state index in [1.54, 1.807) is 11.8 Å². The van der Waals surface area contributed by atoms with E-state index in [-0.39, 0.29) is 0 Å². The summed E-state index contributed by atoms with van der Waals surface area (Å²) in [6.07, 6.45) is 2.01. The van der Waals surface area contributed by atoms with E-state index >= 15 is 0 Å². The Morgan fingerprint density at radius 1 is 0.469 bits per heavy atom. The predicted molar refractivity (Wildman–Crippen MR) is 209 cm³/mol. The van der Waals surface area contributed by atoms with Gasteiger partial charge in [-0.1, -0.05) is 78.9 Å². The van der Waals surface area contributed by atoms with Gasteiger partial charge in [-0.05, 0) is 90.0 Å². The molecule has 0 bridgehead atoms. The van der Waals surface area contributed by atoms with Crippen molar-refractivity contribution < 1.29 is 0 Å². The van der Waals surface area contributed by atoms with Gasteiger partial charge in [-0.3, -0.25) is 4.99 Å². The highest BCUT2D eigenvalue weighted by Gasteiger charge is 2.17. The van der Waals surface area contributed by atoms with Gasteiger partial charge in [0, 0.05) is 49.8 Å². The number of aromatic nitrogens is 2. The van der Waals surface area contributed by atoms with Gasteiger partial charge in [0.25, 0.3) is 0 Å². The van der Waals surface area contributed by atoms with E-state index < -0.39 is 0 Å². The van der Waals surface area contributed by atoms with E-state index in [9.17, 15) is 0 Å².